The highest BCUT2D eigenvalue weighted by molar-refractivity contribution is 7.15. The van der Waals surface area contributed by atoms with Crippen molar-refractivity contribution >= 4 is 28.3 Å². The Hall–Kier alpha value is -2.77. The van der Waals surface area contributed by atoms with Gasteiger partial charge in [-0.3, -0.25) is 9.59 Å². The van der Waals surface area contributed by atoms with Crippen LogP contribution in [0.5, 0.6) is 0 Å². The van der Waals surface area contributed by atoms with Crippen LogP contribution >= 0.6 is 11.3 Å². The molecule has 0 aromatic carbocycles. The van der Waals surface area contributed by atoms with Gasteiger partial charge in [-0.1, -0.05) is 88.5 Å². The molecule has 1 aliphatic carbocycles. The zero-order valence-corrected chi connectivity index (χ0v) is 27.9. The Kier molecular flexibility index (Phi) is 19.2. The van der Waals surface area contributed by atoms with E-state index in [-0.39, 0.29) is 17.7 Å². The number of nitrogens with one attached hydrogen (secondary N) is 3. The van der Waals surface area contributed by atoms with Gasteiger partial charge in [0.2, 0.25) is 11.8 Å². The third kappa shape index (κ3) is 16.6. The van der Waals surface area contributed by atoms with Crippen LogP contribution in [0.3, 0.4) is 0 Å². The minimum atomic E-state index is -0.555. The van der Waals surface area contributed by atoms with E-state index < -0.39 is 6.04 Å². The average Bonchev–Trinajstić information content (AvgIpc) is 3.38. The molecule has 7 heteroatoms. The van der Waals surface area contributed by atoms with Crippen molar-refractivity contribution in [3.63, 3.8) is 0 Å². The number of fused-ring (bicyclic) bond motifs is 1. The Morgan fingerprint density at radius 2 is 1.56 bits per heavy atom. The number of carbonyl (C=O) groups excluding carboxylic acids is 2. The van der Waals surface area contributed by atoms with Gasteiger partial charge < -0.3 is 16.0 Å². The smallest absolute Gasteiger partial charge is 0.248 e. The van der Waals surface area contributed by atoms with Gasteiger partial charge in [0.15, 0.2) is 5.13 Å². The van der Waals surface area contributed by atoms with Gasteiger partial charge in [0.05, 0.1) is 5.69 Å². The summed E-state index contributed by atoms with van der Waals surface area (Å²) < 4.78 is 0. The average molecular weight is 609 g/mol. The van der Waals surface area contributed by atoms with E-state index in [9.17, 15) is 9.59 Å². The fourth-order valence-electron chi connectivity index (χ4n) is 4.86. The molecule has 2 rings (SSSR count). The summed E-state index contributed by atoms with van der Waals surface area (Å²) in [7, 11) is 0. The Labute approximate surface area is 265 Å². The van der Waals surface area contributed by atoms with E-state index in [2.05, 4.69) is 104 Å². The van der Waals surface area contributed by atoms with Crippen molar-refractivity contribution in [2.45, 2.75) is 123 Å². The number of carbonyl (C=O) groups is 2. The van der Waals surface area contributed by atoms with E-state index >= 15 is 0 Å². The number of hydrogen-bond acceptors (Lipinski definition) is 5. The molecule has 2 amide bonds. The van der Waals surface area contributed by atoms with Crippen LogP contribution in [0.15, 0.2) is 60.8 Å². The SMILES string of the molecule is CC/C=C\C/C=C\C/C=C\C/C=C\C/C=C\CCCC(=O)N[C@@H](CC(C)C)C(=O)Nc1nc2c(s1)C[C@H](NCCC)CC2. The van der Waals surface area contributed by atoms with Crippen LogP contribution in [0.1, 0.15) is 109 Å². The Morgan fingerprint density at radius 3 is 2.16 bits per heavy atom. The number of aryl methyl sites for hydroxylation is 1. The maximum atomic E-state index is 13.1. The van der Waals surface area contributed by atoms with Gasteiger partial charge in [-0.05, 0) is 89.5 Å². The molecule has 43 heavy (non-hydrogen) atoms. The second-order valence-electron chi connectivity index (χ2n) is 11.6. The maximum absolute atomic E-state index is 13.1. The monoisotopic (exact) mass is 608 g/mol. The van der Waals surface area contributed by atoms with Crippen molar-refractivity contribution in [2.75, 3.05) is 11.9 Å². The van der Waals surface area contributed by atoms with E-state index in [4.69, 9.17) is 4.98 Å². The molecular formula is C36H56N4O2S. The second kappa shape index (κ2) is 22.7. The highest BCUT2D eigenvalue weighted by atomic mass is 32.1. The lowest BCUT2D eigenvalue weighted by Gasteiger charge is -2.21. The van der Waals surface area contributed by atoms with Crippen LogP contribution in [0.2, 0.25) is 0 Å². The highest BCUT2D eigenvalue weighted by Gasteiger charge is 2.26. The molecule has 2 atom stereocenters. The number of rotatable bonds is 21. The largest absolute Gasteiger partial charge is 0.344 e. The predicted molar refractivity (Wildman–Crippen MR) is 185 cm³/mol. The first kappa shape index (κ1) is 36.4. The fraction of sp³-hybridized carbons (Fsp3) is 0.583. The van der Waals surface area contributed by atoms with Gasteiger partial charge >= 0.3 is 0 Å². The van der Waals surface area contributed by atoms with E-state index in [1.807, 2.05) is 0 Å². The molecule has 0 saturated heterocycles. The van der Waals surface area contributed by atoms with Crippen LogP contribution in [0.25, 0.3) is 0 Å². The number of aromatic nitrogens is 1. The molecule has 0 radical (unpaired) electrons. The van der Waals surface area contributed by atoms with Crippen molar-refractivity contribution in [1.82, 2.24) is 15.6 Å². The third-order valence-corrected chi connectivity index (χ3v) is 8.18. The lowest BCUT2D eigenvalue weighted by Crippen LogP contribution is -2.44. The van der Waals surface area contributed by atoms with E-state index in [1.54, 1.807) is 11.3 Å². The van der Waals surface area contributed by atoms with E-state index in [1.165, 1.54) is 4.88 Å². The molecule has 238 valence electrons. The summed E-state index contributed by atoms with van der Waals surface area (Å²) in [5.74, 6) is 0.0373. The van der Waals surface area contributed by atoms with Crippen molar-refractivity contribution in [3.8, 4) is 0 Å². The Bertz CT molecular complexity index is 1080. The van der Waals surface area contributed by atoms with E-state index in [0.29, 0.717) is 24.0 Å². The number of nitrogens with zero attached hydrogens (tertiary/aromatic N) is 1. The summed E-state index contributed by atoms with van der Waals surface area (Å²) in [6.07, 6.45) is 33.5. The van der Waals surface area contributed by atoms with Gasteiger partial charge in [0.25, 0.3) is 0 Å². The number of amides is 2. The quantitative estimate of drug-likeness (QED) is 0.0967. The topological polar surface area (TPSA) is 83.1 Å². The van der Waals surface area contributed by atoms with Crippen molar-refractivity contribution in [1.29, 1.82) is 0 Å². The summed E-state index contributed by atoms with van der Waals surface area (Å²) >= 11 is 1.57. The number of unbranched alkanes of at least 4 members (excludes halogenated alkanes) is 1. The molecule has 1 aromatic heterocycles. The molecule has 0 fully saturated rings. The summed E-state index contributed by atoms with van der Waals surface area (Å²) in [6.45, 7) is 9.50. The van der Waals surface area contributed by atoms with Crippen molar-refractivity contribution < 1.29 is 9.59 Å². The van der Waals surface area contributed by atoms with Crippen LogP contribution in [-0.4, -0.2) is 35.4 Å². The molecule has 0 aliphatic heterocycles. The van der Waals surface area contributed by atoms with E-state index in [0.717, 1.165) is 82.9 Å². The second-order valence-corrected chi connectivity index (χ2v) is 12.7. The first-order chi connectivity index (χ1) is 20.9. The van der Waals surface area contributed by atoms with Gasteiger partial charge in [0.1, 0.15) is 6.04 Å². The van der Waals surface area contributed by atoms with Crippen LogP contribution < -0.4 is 16.0 Å². The molecule has 0 bridgehead atoms. The lowest BCUT2D eigenvalue weighted by molar-refractivity contribution is -0.126. The fourth-order valence-corrected chi connectivity index (χ4v) is 5.95. The first-order valence-corrected chi connectivity index (χ1v) is 17.3. The zero-order valence-electron chi connectivity index (χ0n) is 27.1. The molecule has 0 spiro atoms. The molecule has 0 saturated carbocycles. The first-order valence-electron chi connectivity index (χ1n) is 16.5. The van der Waals surface area contributed by atoms with Crippen molar-refractivity contribution in [2.24, 2.45) is 5.92 Å². The molecule has 1 aliphatic rings. The molecule has 6 nitrogen and oxygen atoms in total. The molecule has 1 heterocycles. The van der Waals surface area contributed by atoms with Gasteiger partial charge in [-0.15, -0.1) is 11.3 Å². The molecule has 1 aromatic rings. The third-order valence-electron chi connectivity index (χ3n) is 7.14. The van der Waals surface area contributed by atoms with Gasteiger partial charge in [-0.2, -0.15) is 0 Å². The molecule has 0 unspecified atom stereocenters. The van der Waals surface area contributed by atoms with Crippen LogP contribution in [-0.2, 0) is 22.4 Å². The van der Waals surface area contributed by atoms with Gasteiger partial charge in [-0.25, -0.2) is 4.98 Å². The number of allylic oxidation sites excluding steroid dienone is 10. The Balaban J connectivity index is 1.66. The summed E-state index contributed by atoms with van der Waals surface area (Å²) in [4.78, 5) is 31.8. The minimum absolute atomic E-state index is 0.0728. The predicted octanol–water partition coefficient (Wildman–Crippen LogP) is 8.39. The molecule has 3 N–H and O–H groups in total. The summed E-state index contributed by atoms with van der Waals surface area (Å²) in [6, 6.07) is -0.0693. The maximum Gasteiger partial charge on any atom is 0.248 e. The van der Waals surface area contributed by atoms with Gasteiger partial charge in [0, 0.05) is 17.3 Å². The van der Waals surface area contributed by atoms with Crippen LogP contribution in [0.4, 0.5) is 5.13 Å². The zero-order chi connectivity index (χ0) is 31.1. The number of thiazole rings is 1. The number of hydrogen-bond donors (Lipinski definition) is 3. The Morgan fingerprint density at radius 1 is 0.930 bits per heavy atom. The molecular weight excluding hydrogens is 552 g/mol. The normalized spacial score (nSPS) is 16.3. The standard InChI is InChI=1S/C36H56N4O2S/c1-5-7-8-9-10-11-12-13-14-15-16-17-18-19-20-21-22-23-34(41)38-32(27-29(3)4)35(42)40-36-39-31-25-24-30(37-26-6-2)28-33(31)43-36/h7-8,10-11,13-14,16-17,19-20,29-30,32,37H,5-6,9,12,15,18,21-28H2,1-4H3,(H,38,41)(H,39,40,42)/b8-7-,11-10-,14-13-,17-16-,20-19-/t30-,32+/m1/s1. The summed E-state index contributed by atoms with van der Waals surface area (Å²) in [5, 5.41) is 10.2. The number of anilines is 1. The van der Waals surface area contributed by atoms with Crippen LogP contribution in [0, 0.1) is 5.92 Å². The highest BCUT2D eigenvalue weighted by Crippen LogP contribution is 2.30. The lowest BCUT2D eigenvalue weighted by atomic mass is 9.98. The summed E-state index contributed by atoms with van der Waals surface area (Å²) in [5.41, 5.74) is 1.11. The minimum Gasteiger partial charge on any atom is -0.344 e. The van der Waals surface area contributed by atoms with Crippen molar-refractivity contribution in [3.05, 3.63) is 71.3 Å².